The summed E-state index contributed by atoms with van der Waals surface area (Å²) in [5.41, 5.74) is 0.686. The van der Waals surface area contributed by atoms with Gasteiger partial charge in [-0.05, 0) is 37.3 Å². The molecule has 1 fully saturated rings. The van der Waals surface area contributed by atoms with Crippen molar-refractivity contribution in [1.82, 2.24) is 19.3 Å². The standard InChI is InChI=1S/C18H21N5O4S/c1-2-27-16-4-3-7-19-17(16)22-8-10-23(11-9-22)28(25,26)13-5-6-14-15(12-13)21-18(24)20-14/h3-7,12H,2,8-11H2,1H3,(H2,20,21,24). The lowest BCUT2D eigenvalue weighted by molar-refractivity contribution is 0.335. The van der Waals surface area contributed by atoms with Crippen LogP contribution in [0.4, 0.5) is 5.82 Å². The van der Waals surface area contributed by atoms with Gasteiger partial charge in [-0.1, -0.05) is 0 Å². The number of piperazine rings is 1. The molecule has 1 saturated heterocycles. The summed E-state index contributed by atoms with van der Waals surface area (Å²) in [6, 6.07) is 8.28. The number of imidazole rings is 1. The third-order valence-electron chi connectivity index (χ3n) is 4.71. The fourth-order valence-electron chi connectivity index (χ4n) is 3.35. The van der Waals surface area contributed by atoms with Gasteiger partial charge in [0.15, 0.2) is 11.6 Å². The quantitative estimate of drug-likeness (QED) is 0.661. The van der Waals surface area contributed by atoms with Crippen LogP contribution in [0.1, 0.15) is 6.92 Å². The zero-order valence-electron chi connectivity index (χ0n) is 15.4. The van der Waals surface area contributed by atoms with Crippen molar-refractivity contribution in [2.24, 2.45) is 0 Å². The molecule has 148 valence electrons. The van der Waals surface area contributed by atoms with Crippen LogP contribution >= 0.6 is 0 Å². The number of aromatic amines is 2. The molecule has 0 saturated carbocycles. The molecule has 4 rings (SSSR count). The summed E-state index contributed by atoms with van der Waals surface area (Å²) >= 11 is 0. The summed E-state index contributed by atoms with van der Waals surface area (Å²) in [5, 5.41) is 0. The molecule has 2 N–H and O–H groups in total. The Morgan fingerprint density at radius 2 is 1.86 bits per heavy atom. The van der Waals surface area contributed by atoms with E-state index in [1.807, 2.05) is 24.0 Å². The van der Waals surface area contributed by atoms with Crippen LogP contribution in [0.2, 0.25) is 0 Å². The number of H-pyrrole nitrogens is 2. The van der Waals surface area contributed by atoms with E-state index in [1.165, 1.54) is 16.4 Å². The Labute approximate surface area is 162 Å². The number of rotatable bonds is 5. The van der Waals surface area contributed by atoms with Crippen LogP contribution in [0.25, 0.3) is 11.0 Å². The highest BCUT2D eigenvalue weighted by molar-refractivity contribution is 7.89. The van der Waals surface area contributed by atoms with Crippen molar-refractivity contribution in [3.05, 3.63) is 47.0 Å². The minimum Gasteiger partial charge on any atom is -0.490 e. The van der Waals surface area contributed by atoms with Crippen LogP contribution < -0.4 is 15.3 Å². The molecule has 1 aliphatic heterocycles. The van der Waals surface area contributed by atoms with Crippen LogP contribution in [-0.2, 0) is 10.0 Å². The maximum Gasteiger partial charge on any atom is 0.323 e. The molecular formula is C18H21N5O4S. The zero-order chi connectivity index (χ0) is 19.7. The SMILES string of the molecule is CCOc1cccnc1N1CCN(S(=O)(=O)c2ccc3[nH]c(=O)[nH]c3c2)CC1. The van der Waals surface area contributed by atoms with Crippen molar-refractivity contribution in [1.29, 1.82) is 0 Å². The van der Waals surface area contributed by atoms with E-state index in [1.54, 1.807) is 12.3 Å². The van der Waals surface area contributed by atoms with Gasteiger partial charge in [0.1, 0.15) is 0 Å². The van der Waals surface area contributed by atoms with E-state index in [4.69, 9.17) is 4.74 Å². The van der Waals surface area contributed by atoms with Gasteiger partial charge < -0.3 is 19.6 Å². The smallest absolute Gasteiger partial charge is 0.323 e. The topological polar surface area (TPSA) is 111 Å². The summed E-state index contributed by atoms with van der Waals surface area (Å²) in [7, 11) is -3.65. The van der Waals surface area contributed by atoms with Crippen LogP contribution in [0, 0.1) is 0 Å². The van der Waals surface area contributed by atoms with Gasteiger partial charge in [-0.15, -0.1) is 0 Å². The molecule has 28 heavy (non-hydrogen) atoms. The van der Waals surface area contributed by atoms with Gasteiger partial charge in [0.2, 0.25) is 10.0 Å². The second-order valence-electron chi connectivity index (χ2n) is 6.44. The van der Waals surface area contributed by atoms with Gasteiger partial charge >= 0.3 is 5.69 Å². The van der Waals surface area contributed by atoms with E-state index in [0.717, 1.165) is 5.82 Å². The average molecular weight is 403 g/mol. The zero-order valence-corrected chi connectivity index (χ0v) is 16.2. The number of nitrogens with one attached hydrogen (secondary N) is 2. The Kier molecular flexibility index (Phi) is 4.82. The third kappa shape index (κ3) is 3.36. The Bertz CT molecular complexity index is 1150. The normalized spacial score (nSPS) is 15.8. The summed E-state index contributed by atoms with van der Waals surface area (Å²) < 4.78 is 33.1. The Morgan fingerprint density at radius 1 is 1.11 bits per heavy atom. The first-order valence-corrected chi connectivity index (χ1v) is 10.5. The molecule has 0 bridgehead atoms. The molecule has 0 unspecified atom stereocenters. The molecule has 3 heterocycles. The van der Waals surface area contributed by atoms with Crippen molar-refractivity contribution >= 4 is 26.9 Å². The van der Waals surface area contributed by atoms with Gasteiger partial charge in [-0.25, -0.2) is 18.2 Å². The molecular weight excluding hydrogens is 382 g/mol. The average Bonchev–Trinajstić information content (AvgIpc) is 3.08. The number of nitrogens with zero attached hydrogens (tertiary/aromatic N) is 3. The summed E-state index contributed by atoms with van der Waals surface area (Å²) in [6.07, 6.45) is 1.70. The highest BCUT2D eigenvalue weighted by Gasteiger charge is 2.30. The fraction of sp³-hybridized carbons (Fsp3) is 0.333. The number of sulfonamides is 1. The van der Waals surface area contributed by atoms with E-state index < -0.39 is 10.0 Å². The van der Waals surface area contributed by atoms with E-state index in [0.29, 0.717) is 49.6 Å². The van der Waals surface area contributed by atoms with Crippen LogP contribution in [0.5, 0.6) is 5.75 Å². The largest absolute Gasteiger partial charge is 0.490 e. The number of ether oxygens (including phenoxy) is 1. The van der Waals surface area contributed by atoms with E-state index in [9.17, 15) is 13.2 Å². The number of aromatic nitrogens is 3. The fourth-order valence-corrected chi connectivity index (χ4v) is 4.80. The molecule has 1 aromatic carbocycles. The highest BCUT2D eigenvalue weighted by Crippen LogP contribution is 2.27. The number of anilines is 1. The number of hydrogen-bond acceptors (Lipinski definition) is 6. The third-order valence-corrected chi connectivity index (χ3v) is 6.61. The number of hydrogen-bond donors (Lipinski definition) is 2. The van der Waals surface area contributed by atoms with Crippen molar-refractivity contribution in [3.8, 4) is 5.75 Å². The molecule has 1 aliphatic rings. The molecule has 9 nitrogen and oxygen atoms in total. The molecule has 3 aromatic rings. The monoisotopic (exact) mass is 403 g/mol. The molecule has 0 amide bonds. The van der Waals surface area contributed by atoms with Crippen molar-refractivity contribution in [2.75, 3.05) is 37.7 Å². The molecule has 0 atom stereocenters. The van der Waals surface area contributed by atoms with E-state index in [2.05, 4.69) is 15.0 Å². The molecule has 0 aliphatic carbocycles. The van der Waals surface area contributed by atoms with Crippen molar-refractivity contribution in [2.45, 2.75) is 11.8 Å². The first-order valence-electron chi connectivity index (χ1n) is 9.04. The maximum absolute atomic E-state index is 13.0. The second kappa shape index (κ2) is 7.28. The van der Waals surface area contributed by atoms with Gasteiger partial charge in [0.25, 0.3) is 0 Å². The minimum absolute atomic E-state index is 0.163. The number of benzene rings is 1. The number of fused-ring (bicyclic) bond motifs is 1. The highest BCUT2D eigenvalue weighted by atomic mass is 32.2. The van der Waals surface area contributed by atoms with Crippen molar-refractivity contribution < 1.29 is 13.2 Å². The van der Waals surface area contributed by atoms with Gasteiger partial charge in [-0.3, -0.25) is 0 Å². The molecule has 0 spiro atoms. The van der Waals surface area contributed by atoms with Gasteiger partial charge in [0, 0.05) is 32.4 Å². The maximum atomic E-state index is 13.0. The van der Waals surface area contributed by atoms with Crippen molar-refractivity contribution in [3.63, 3.8) is 0 Å². The van der Waals surface area contributed by atoms with Crippen LogP contribution in [0.15, 0.2) is 46.2 Å². The van der Waals surface area contributed by atoms with E-state index >= 15 is 0 Å². The van der Waals surface area contributed by atoms with Gasteiger partial charge in [-0.2, -0.15) is 4.31 Å². The first kappa shape index (κ1) is 18.5. The Balaban J connectivity index is 1.53. The summed E-state index contributed by atoms with van der Waals surface area (Å²) in [5.74, 6) is 1.43. The predicted molar refractivity (Wildman–Crippen MR) is 105 cm³/mol. The molecule has 0 radical (unpaired) electrons. The van der Waals surface area contributed by atoms with Crippen LogP contribution in [0.3, 0.4) is 0 Å². The molecule has 2 aromatic heterocycles. The van der Waals surface area contributed by atoms with Gasteiger partial charge in [0.05, 0.1) is 22.5 Å². The number of pyridine rings is 1. The lowest BCUT2D eigenvalue weighted by Crippen LogP contribution is -2.49. The minimum atomic E-state index is -3.65. The predicted octanol–water partition coefficient (Wildman–Crippen LogP) is 1.16. The lowest BCUT2D eigenvalue weighted by Gasteiger charge is -2.35. The molecule has 10 heteroatoms. The Hall–Kier alpha value is -2.85. The Morgan fingerprint density at radius 3 is 2.61 bits per heavy atom. The van der Waals surface area contributed by atoms with E-state index in [-0.39, 0.29) is 10.6 Å². The lowest BCUT2D eigenvalue weighted by atomic mass is 10.3. The van der Waals surface area contributed by atoms with Crippen LogP contribution in [-0.4, -0.2) is 60.5 Å². The first-order chi connectivity index (χ1) is 13.5. The second-order valence-corrected chi connectivity index (χ2v) is 8.37. The summed E-state index contributed by atoms with van der Waals surface area (Å²) in [6.45, 7) is 4.16. The summed E-state index contributed by atoms with van der Waals surface area (Å²) in [4.78, 5) is 23.2.